The molecule has 0 spiro atoms. The van der Waals surface area contributed by atoms with E-state index in [1.165, 1.54) is 10.7 Å². The van der Waals surface area contributed by atoms with Crippen LogP contribution >= 0.6 is 0 Å². The summed E-state index contributed by atoms with van der Waals surface area (Å²) >= 11 is 0. The fourth-order valence-electron chi connectivity index (χ4n) is 1.11. The van der Waals surface area contributed by atoms with Gasteiger partial charge >= 0.3 is 0 Å². The highest BCUT2D eigenvalue weighted by Gasteiger charge is 1.97. The van der Waals surface area contributed by atoms with Crippen molar-refractivity contribution in [1.82, 2.24) is 9.78 Å². The van der Waals surface area contributed by atoms with E-state index in [1.54, 1.807) is 13.2 Å². The quantitative estimate of drug-likeness (QED) is 0.655. The first-order valence-corrected chi connectivity index (χ1v) is 4.63. The van der Waals surface area contributed by atoms with Crippen molar-refractivity contribution in [3.63, 3.8) is 0 Å². The summed E-state index contributed by atoms with van der Waals surface area (Å²) in [4.78, 5) is 11.4. The summed E-state index contributed by atoms with van der Waals surface area (Å²) in [5, 5.41) is 15.4. The number of anilines is 1. The minimum Gasteiger partial charge on any atom is -0.396 e. The second-order valence-electron chi connectivity index (χ2n) is 2.99. The molecule has 0 aliphatic carbocycles. The molecule has 0 saturated carbocycles. The number of aromatic nitrogens is 2. The third-order valence-corrected chi connectivity index (χ3v) is 1.94. The Bertz CT molecular complexity index is 335. The second kappa shape index (κ2) is 5.39. The molecule has 0 aliphatic heterocycles. The van der Waals surface area contributed by atoms with Crippen LogP contribution in [0.25, 0.3) is 0 Å². The normalized spacial score (nSPS) is 10.1. The molecule has 0 aliphatic rings. The molecule has 0 saturated heterocycles. The summed E-state index contributed by atoms with van der Waals surface area (Å²) in [6.45, 7) is 0.715. The van der Waals surface area contributed by atoms with Crippen molar-refractivity contribution in [3.8, 4) is 0 Å². The lowest BCUT2D eigenvalue weighted by Crippen LogP contribution is -2.22. The second-order valence-corrected chi connectivity index (χ2v) is 2.99. The van der Waals surface area contributed by atoms with Crippen molar-refractivity contribution in [1.29, 1.82) is 0 Å². The van der Waals surface area contributed by atoms with Gasteiger partial charge in [-0.2, -0.15) is 5.10 Å². The lowest BCUT2D eigenvalue weighted by atomic mass is 10.3. The highest BCUT2D eigenvalue weighted by molar-refractivity contribution is 5.37. The molecule has 1 rings (SSSR count). The Kier molecular flexibility index (Phi) is 4.12. The van der Waals surface area contributed by atoms with Crippen LogP contribution < -0.4 is 10.9 Å². The van der Waals surface area contributed by atoms with E-state index < -0.39 is 0 Å². The number of nitrogens with one attached hydrogen (secondary N) is 1. The number of aliphatic hydroxyl groups excluding tert-OH is 1. The van der Waals surface area contributed by atoms with Gasteiger partial charge in [-0.25, -0.2) is 4.68 Å². The molecule has 0 radical (unpaired) electrons. The van der Waals surface area contributed by atoms with E-state index in [9.17, 15) is 4.79 Å². The summed E-state index contributed by atoms with van der Waals surface area (Å²) in [7, 11) is 1.74. The van der Waals surface area contributed by atoms with Crippen molar-refractivity contribution in [2.24, 2.45) is 0 Å². The summed E-state index contributed by atoms with van der Waals surface area (Å²) in [5.74, 6) is 0. The lowest BCUT2D eigenvalue weighted by molar-refractivity contribution is 0.279. The van der Waals surface area contributed by atoms with Crippen molar-refractivity contribution >= 4 is 5.69 Å². The van der Waals surface area contributed by atoms with Gasteiger partial charge in [-0.3, -0.25) is 4.79 Å². The Labute approximate surface area is 82.4 Å². The van der Waals surface area contributed by atoms with Crippen molar-refractivity contribution < 1.29 is 5.11 Å². The molecule has 1 aromatic rings. The number of aryl methyl sites for hydroxylation is 1. The summed E-state index contributed by atoms with van der Waals surface area (Å²) in [6, 6.07) is 1.51. The minimum atomic E-state index is -0.116. The smallest absolute Gasteiger partial charge is 0.268 e. The van der Waals surface area contributed by atoms with Crippen molar-refractivity contribution in [3.05, 3.63) is 22.6 Å². The van der Waals surface area contributed by atoms with E-state index in [4.69, 9.17) is 5.11 Å². The van der Waals surface area contributed by atoms with Crippen LogP contribution in [0.4, 0.5) is 5.69 Å². The Morgan fingerprint density at radius 1 is 1.57 bits per heavy atom. The predicted octanol–water partition coefficient (Wildman–Crippen LogP) is 0.0575. The minimum absolute atomic E-state index is 0.116. The molecule has 0 atom stereocenters. The van der Waals surface area contributed by atoms with Gasteiger partial charge in [-0.15, -0.1) is 0 Å². The molecule has 0 bridgehead atoms. The van der Waals surface area contributed by atoms with E-state index in [0.29, 0.717) is 18.7 Å². The molecule has 0 aromatic carbocycles. The first-order chi connectivity index (χ1) is 6.77. The molecule has 1 aromatic heterocycles. The molecular weight excluding hydrogens is 182 g/mol. The third kappa shape index (κ3) is 2.85. The Balaban J connectivity index is 2.64. The number of nitrogens with zero attached hydrogens (tertiary/aromatic N) is 2. The number of unbranched alkanes of at least 4 members (excludes halogenated alkanes) is 1. The van der Waals surface area contributed by atoms with Gasteiger partial charge in [-0.1, -0.05) is 0 Å². The molecule has 0 unspecified atom stereocenters. The standard InChI is InChI=1S/C9H15N3O2/c1-10-8-6-9(14)12(11-7-8)4-2-3-5-13/h6-7,10,13H,2-5H2,1H3. The summed E-state index contributed by atoms with van der Waals surface area (Å²) in [5.41, 5.74) is 0.600. The van der Waals surface area contributed by atoms with Gasteiger partial charge in [-0.05, 0) is 12.8 Å². The van der Waals surface area contributed by atoms with Crippen LogP contribution in [0.3, 0.4) is 0 Å². The van der Waals surface area contributed by atoms with Crippen LogP contribution in [0, 0.1) is 0 Å². The van der Waals surface area contributed by atoms with Gasteiger partial charge in [0.1, 0.15) is 0 Å². The average Bonchev–Trinajstić information content (AvgIpc) is 2.20. The molecular formula is C9H15N3O2. The van der Waals surface area contributed by atoms with Gasteiger partial charge in [0.15, 0.2) is 0 Å². The zero-order valence-corrected chi connectivity index (χ0v) is 8.23. The molecule has 5 nitrogen and oxygen atoms in total. The molecule has 5 heteroatoms. The van der Waals surface area contributed by atoms with Gasteiger partial charge < -0.3 is 10.4 Å². The molecule has 2 N–H and O–H groups in total. The molecule has 0 fully saturated rings. The summed E-state index contributed by atoms with van der Waals surface area (Å²) < 4.78 is 1.40. The predicted molar refractivity (Wildman–Crippen MR) is 54.4 cm³/mol. The highest BCUT2D eigenvalue weighted by Crippen LogP contribution is 1.97. The number of hydrogen-bond acceptors (Lipinski definition) is 4. The summed E-state index contributed by atoms with van der Waals surface area (Å²) in [6.07, 6.45) is 3.07. The van der Waals surface area contributed by atoms with Gasteiger partial charge in [0.25, 0.3) is 5.56 Å². The Morgan fingerprint density at radius 3 is 2.93 bits per heavy atom. The highest BCUT2D eigenvalue weighted by atomic mass is 16.2. The largest absolute Gasteiger partial charge is 0.396 e. The maximum atomic E-state index is 11.4. The van der Waals surface area contributed by atoms with Crippen molar-refractivity contribution in [2.45, 2.75) is 19.4 Å². The lowest BCUT2D eigenvalue weighted by Gasteiger charge is -2.04. The SMILES string of the molecule is CNc1cnn(CCCCO)c(=O)c1. The van der Waals surface area contributed by atoms with E-state index in [2.05, 4.69) is 10.4 Å². The van der Waals surface area contributed by atoms with Crippen LogP contribution in [0.2, 0.25) is 0 Å². The number of aliphatic hydroxyl groups is 1. The zero-order chi connectivity index (χ0) is 10.4. The van der Waals surface area contributed by atoms with Crippen LogP contribution in [0.5, 0.6) is 0 Å². The van der Waals surface area contributed by atoms with Gasteiger partial charge in [0, 0.05) is 26.3 Å². The van der Waals surface area contributed by atoms with E-state index in [-0.39, 0.29) is 12.2 Å². The van der Waals surface area contributed by atoms with E-state index in [0.717, 1.165) is 6.42 Å². The van der Waals surface area contributed by atoms with Crippen LogP contribution in [-0.4, -0.2) is 28.5 Å². The number of hydrogen-bond donors (Lipinski definition) is 2. The van der Waals surface area contributed by atoms with Gasteiger partial charge in [0.2, 0.25) is 0 Å². The van der Waals surface area contributed by atoms with E-state index in [1.807, 2.05) is 0 Å². The zero-order valence-electron chi connectivity index (χ0n) is 8.23. The molecule has 1 heterocycles. The molecule has 0 amide bonds. The Morgan fingerprint density at radius 2 is 2.36 bits per heavy atom. The van der Waals surface area contributed by atoms with Gasteiger partial charge in [0.05, 0.1) is 11.9 Å². The average molecular weight is 197 g/mol. The fourth-order valence-corrected chi connectivity index (χ4v) is 1.11. The van der Waals surface area contributed by atoms with Crippen LogP contribution in [-0.2, 0) is 6.54 Å². The first-order valence-electron chi connectivity index (χ1n) is 4.63. The first kappa shape index (κ1) is 10.7. The maximum absolute atomic E-state index is 11.4. The Hall–Kier alpha value is -1.36. The monoisotopic (exact) mass is 197 g/mol. The van der Waals surface area contributed by atoms with Crippen LogP contribution in [0.15, 0.2) is 17.1 Å². The van der Waals surface area contributed by atoms with E-state index >= 15 is 0 Å². The maximum Gasteiger partial charge on any atom is 0.268 e. The van der Waals surface area contributed by atoms with Crippen LogP contribution in [0.1, 0.15) is 12.8 Å². The third-order valence-electron chi connectivity index (χ3n) is 1.94. The molecule has 14 heavy (non-hydrogen) atoms. The number of rotatable bonds is 5. The fraction of sp³-hybridized carbons (Fsp3) is 0.556. The van der Waals surface area contributed by atoms with Crippen molar-refractivity contribution in [2.75, 3.05) is 19.0 Å². The topological polar surface area (TPSA) is 67.2 Å². The molecule has 78 valence electrons.